The fourth-order valence-corrected chi connectivity index (χ4v) is 4.41. The van der Waals surface area contributed by atoms with Gasteiger partial charge >= 0.3 is 0 Å². The Bertz CT molecular complexity index is 1110. The Hall–Kier alpha value is -2.60. The zero-order chi connectivity index (χ0) is 22.3. The summed E-state index contributed by atoms with van der Waals surface area (Å²) in [5.74, 6) is 1.10. The SMILES string of the molecule is Cc1nn(Cc2ccc(Cl)cc2)c(C)c1NC(=O)c1noc2c1CC(C(C)(C)C)CC2. The average molecular weight is 441 g/mol. The van der Waals surface area contributed by atoms with Crippen molar-refractivity contribution in [1.82, 2.24) is 14.9 Å². The molecule has 1 aliphatic carbocycles. The topological polar surface area (TPSA) is 73.0 Å². The molecule has 7 heteroatoms. The maximum Gasteiger partial charge on any atom is 0.278 e. The van der Waals surface area contributed by atoms with Crippen molar-refractivity contribution in [2.45, 2.75) is 60.4 Å². The third kappa shape index (κ3) is 4.40. The second kappa shape index (κ2) is 8.15. The molecule has 0 saturated carbocycles. The van der Waals surface area contributed by atoms with Crippen molar-refractivity contribution >= 4 is 23.2 Å². The van der Waals surface area contributed by atoms with Crippen LogP contribution in [0, 0.1) is 25.2 Å². The third-order valence-electron chi connectivity index (χ3n) is 6.35. The molecule has 31 heavy (non-hydrogen) atoms. The van der Waals surface area contributed by atoms with Crippen LogP contribution in [0.3, 0.4) is 0 Å². The monoisotopic (exact) mass is 440 g/mol. The smallest absolute Gasteiger partial charge is 0.278 e. The number of amides is 1. The van der Waals surface area contributed by atoms with Crippen LogP contribution in [-0.2, 0) is 19.4 Å². The molecule has 164 valence electrons. The van der Waals surface area contributed by atoms with E-state index in [0.29, 0.717) is 23.2 Å². The van der Waals surface area contributed by atoms with Gasteiger partial charge < -0.3 is 9.84 Å². The van der Waals surface area contributed by atoms with Gasteiger partial charge in [-0.25, -0.2) is 0 Å². The van der Waals surface area contributed by atoms with Gasteiger partial charge in [0.25, 0.3) is 5.91 Å². The van der Waals surface area contributed by atoms with Crippen molar-refractivity contribution < 1.29 is 9.32 Å². The van der Waals surface area contributed by atoms with Gasteiger partial charge in [-0.1, -0.05) is 49.7 Å². The van der Waals surface area contributed by atoms with E-state index < -0.39 is 0 Å². The lowest BCUT2D eigenvalue weighted by Gasteiger charge is -2.33. The number of benzene rings is 1. The fraction of sp³-hybridized carbons (Fsp3) is 0.458. The lowest BCUT2D eigenvalue weighted by atomic mass is 9.71. The van der Waals surface area contributed by atoms with E-state index in [2.05, 4.69) is 36.3 Å². The maximum atomic E-state index is 13.1. The molecule has 2 heterocycles. The number of hydrogen-bond acceptors (Lipinski definition) is 4. The van der Waals surface area contributed by atoms with Gasteiger partial charge in [0, 0.05) is 17.0 Å². The summed E-state index contributed by atoms with van der Waals surface area (Å²) in [7, 11) is 0. The van der Waals surface area contributed by atoms with Crippen LogP contribution >= 0.6 is 11.6 Å². The number of nitrogens with zero attached hydrogens (tertiary/aromatic N) is 3. The van der Waals surface area contributed by atoms with E-state index in [1.165, 1.54) is 0 Å². The first-order valence-electron chi connectivity index (χ1n) is 10.7. The molecule has 0 spiro atoms. The molecule has 1 aliphatic rings. The molecule has 1 atom stereocenters. The molecule has 0 bridgehead atoms. The summed E-state index contributed by atoms with van der Waals surface area (Å²) in [6.07, 6.45) is 2.70. The highest BCUT2D eigenvalue weighted by atomic mass is 35.5. The zero-order valence-corrected chi connectivity index (χ0v) is 19.5. The van der Waals surface area contributed by atoms with Crippen LogP contribution in [-0.4, -0.2) is 20.8 Å². The molecular weight excluding hydrogens is 412 g/mol. The number of carbonyl (C=O) groups is 1. The van der Waals surface area contributed by atoms with E-state index in [-0.39, 0.29) is 11.3 Å². The van der Waals surface area contributed by atoms with Gasteiger partial charge in [-0.05, 0) is 55.7 Å². The van der Waals surface area contributed by atoms with E-state index >= 15 is 0 Å². The molecule has 1 aromatic carbocycles. The highest BCUT2D eigenvalue weighted by Crippen LogP contribution is 2.38. The molecule has 0 saturated heterocycles. The van der Waals surface area contributed by atoms with Gasteiger partial charge in [0.15, 0.2) is 5.69 Å². The molecule has 2 aromatic heterocycles. The summed E-state index contributed by atoms with van der Waals surface area (Å²) >= 11 is 5.98. The van der Waals surface area contributed by atoms with E-state index in [1.807, 2.05) is 42.8 Å². The fourth-order valence-electron chi connectivity index (χ4n) is 4.29. The quantitative estimate of drug-likeness (QED) is 0.573. The number of rotatable bonds is 4. The summed E-state index contributed by atoms with van der Waals surface area (Å²) < 4.78 is 7.41. The first-order chi connectivity index (χ1) is 14.6. The molecule has 0 fully saturated rings. The molecule has 6 nitrogen and oxygen atoms in total. The lowest BCUT2D eigenvalue weighted by molar-refractivity contribution is 0.101. The van der Waals surface area contributed by atoms with Crippen LogP contribution in [0.1, 0.15) is 66.0 Å². The third-order valence-corrected chi connectivity index (χ3v) is 6.60. The number of aromatic nitrogens is 3. The molecule has 1 amide bonds. The van der Waals surface area contributed by atoms with Crippen LogP contribution in [0.4, 0.5) is 5.69 Å². The van der Waals surface area contributed by atoms with Gasteiger partial charge in [-0.3, -0.25) is 9.48 Å². The van der Waals surface area contributed by atoms with Crippen molar-refractivity contribution in [1.29, 1.82) is 0 Å². The zero-order valence-electron chi connectivity index (χ0n) is 18.8. The summed E-state index contributed by atoms with van der Waals surface area (Å²) in [6.45, 7) is 11.2. The second-order valence-corrected chi connectivity index (χ2v) is 9.96. The Morgan fingerprint density at radius 1 is 1.26 bits per heavy atom. The Morgan fingerprint density at radius 2 is 1.97 bits per heavy atom. The number of hydrogen-bond donors (Lipinski definition) is 1. The van der Waals surface area contributed by atoms with Gasteiger partial charge in [0.05, 0.1) is 23.6 Å². The van der Waals surface area contributed by atoms with Crippen LogP contribution in [0.5, 0.6) is 0 Å². The number of fused-ring (bicyclic) bond motifs is 1. The second-order valence-electron chi connectivity index (χ2n) is 9.52. The summed E-state index contributed by atoms with van der Waals surface area (Å²) in [5.41, 5.74) is 5.00. The minimum Gasteiger partial charge on any atom is -0.360 e. The van der Waals surface area contributed by atoms with E-state index in [0.717, 1.165) is 53.2 Å². The van der Waals surface area contributed by atoms with Crippen molar-refractivity contribution in [3.63, 3.8) is 0 Å². The van der Waals surface area contributed by atoms with Crippen molar-refractivity contribution in [3.05, 3.63) is 63.3 Å². The maximum absolute atomic E-state index is 13.1. The van der Waals surface area contributed by atoms with Crippen LogP contribution < -0.4 is 5.32 Å². The number of carbonyl (C=O) groups excluding carboxylic acids is 1. The Morgan fingerprint density at radius 3 is 2.65 bits per heavy atom. The summed E-state index contributed by atoms with van der Waals surface area (Å²) in [5, 5.41) is 12.5. The Balaban J connectivity index is 1.54. The number of nitrogens with one attached hydrogen (secondary N) is 1. The average Bonchev–Trinajstić information content (AvgIpc) is 3.25. The minimum atomic E-state index is -0.239. The first-order valence-corrected chi connectivity index (χ1v) is 11.1. The Labute approximate surface area is 188 Å². The summed E-state index contributed by atoms with van der Waals surface area (Å²) in [4.78, 5) is 13.1. The molecule has 0 radical (unpaired) electrons. The van der Waals surface area contributed by atoms with E-state index in [4.69, 9.17) is 16.1 Å². The van der Waals surface area contributed by atoms with Crippen molar-refractivity contribution in [2.75, 3.05) is 5.32 Å². The van der Waals surface area contributed by atoms with Gasteiger partial charge in [0.2, 0.25) is 0 Å². The molecule has 4 rings (SSSR count). The van der Waals surface area contributed by atoms with Gasteiger partial charge in [-0.2, -0.15) is 5.10 Å². The van der Waals surface area contributed by atoms with E-state index in [9.17, 15) is 4.79 Å². The van der Waals surface area contributed by atoms with Gasteiger partial charge in [0.1, 0.15) is 5.76 Å². The first kappa shape index (κ1) is 21.6. The molecule has 1 unspecified atom stereocenters. The molecule has 1 N–H and O–H groups in total. The van der Waals surface area contributed by atoms with E-state index in [1.54, 1.807) is 0 Å². The summed E-state index contributed by atoms with van der Waals surface area (Å²) in [6, 6.07) is 7.68. The minimum absolute atomic E-state index is 0.179. The van der Waals surface area contributed by atoms with Gasteiger partial charge in [-0.15, -0.1) is 0 Å². The predicted molar refractivity (Wildman–Crippen MR) is 122 cm³/mol. The normalized spacial score (nSPS) is 16.3. The van der Waals surface area contributed by atoms with Crippen LogP contribution in [0.2, 0.25) is 5.02 Å². The molecular formula is C24H29ClN4O2. The van der Waals surface area contributed by atoms with Crippen molar-refractivity contribution in [2.24, 2.45) is 11.3 Å². The number of aryl methyl sites for hydroxylation is 2. The Kier molecular flexibility index (Phi) is 5.69. The molecule has 3 aromatic rings. The highest BCUT2D eigenvalue weighted by Gasteiger charge is 2.34. The number of anilines is 1. The molecule has 0 aliphatic heterocycles. The van der Waals surface area contributed by atoms with Crippen molar-refractivity contribution in [3.8, 4) is 0 Å². The standard InChI is InChI=1S/C24H29ClN4O2/c1-14-21(15(2)29(27-14)13-16-6-9-18(25)10-7-16)26-23(30)22-19-12-17(24(3,4)5)8-11-20(19)31-28-22/h6-7,9-10,17H,8,11-13H2,1-5H3,(H,26,30). The lowest BCUT2D eigenvalue weighted by Crippen LogP contribution is -2.27. The largest absolute Gasteiger partial charge is 0.360 e. The highest BCUT2D eigenvalue weighted by molar-refractivity contribution is 6.30. The van der Waals surface area contributed by atoms with Crippen LogP contribution in [0.15, 0.2) is 28.8 Å². The van der Waals surface area contributed by atoms with Crippen LogP contribution in [0.25, 0.3) is 0 Å². The number of halogens is 1. The predicted octanol–water partition coefficient (Wildman–Crippen LogP) is 5.59.